The van der Waals surface area contributed by atoms with Crippen molar-refractivity contribution in [3.8, 4) is 5.75 Å². The molecule has 8 heteroatoms. The maximum Gasteiger partial charge on any atom is 0.407 e. The number of anilines is 1. The fraction of sp³-hybridized carbons (Fsp3) is 0.476. The lowest BCUT2D eigenvalue weighted by molar-refractivity contribution is 0.0486. The first-order valence-electron chi connectivity index (χ1n) is 9.73. The lowest BCUT2D eigenvalue weighted by Crippen LogP contribution is -2.48. The van der Waals surface area contributed by atoms with Crippen LogP contribution in [0.1, 0.15) is 33.6 Å². The standard InChI is InChI=1S/C21H28N4O4/c1-21(2,3)29-20(27)23-14-8-11-25(12-9-14)19(26)24-18-7-10-22-17-6-5-15(28-4)13-16(17)18/h5-7,10,13-14H,8-9,11-12H2,1-4H3,(H,23,27)(H,22,24,26). The molecule has 0 spiro atoms. The van der Waals surface area contributed by atoms with E-state index in [1.54, 1.807) is 24.3 Å². The van der Waals surface area contributed by atoms with Crippen LogP contribution in [0.2, 0.25) is 0 Å². The average Bonchev–Trinajstić information content (AvgIpc) is 2.67. The lowest BCUT2D eigenvalue weighted by atomic mass is 10.1. The van der Waals surface area contributed by atoms with Crippen LogP contribution in [0.3, 0.4) is 0 Å². The van der Waals surface area contributed by atoms with E-state index < -0.39 is 11.7 Å². The van der Waals surface area contributed by atoms with E-state index in [0.29, 0.717) is 37.4 Å². The highest BCUT2D eigenvalue weighted by Gasteiger charge is 2.26. The Kier molecular flexibility index (Phi) is 6.10. The number of fused-ring (bicyclic) bond motifs is 1. The van der Waals surface area contributed by atoms with Crippen LogP contribution in [-0.4, -0.2) is 53.9 Å². The number of hydrogen-bond acceptors (Lipinski definition) is 5. The lowest BCUT2D eigenvalue weighted by Gasteiger charge is -2.33. The molecule has 1 aromatic carbocycles. The first kappa shape index (κ1) is 20.7. The monoisotopic (exact) mass is 400 g/mol. The highest BCUT2D eigenvalue weighted by molar-refractivity contribution is 6.00. The molecule has 3 rings (SSSR count). The zero-order chi connectivity index (χ0) is 21.0. The van der Waals surface area contributed by atoms with Crippen molar-refractivity contribution < 1.29 is 19.1 Å². The SMILES string of the molecule is COc1ccc2nccc(NC(=O)N3CCC(NC(=O)OC(C)(C)C)CC3)c2c1. The highest BCUT2D eigenvalue weighted by atomic mass is 16.6. The minimum atomic E-state index is -0.527. The number of aromatic nitrogens is 1. The number of amides is 3. The second kappa shape index (κ2) is 8.55. The first-order valence-corrected chi connectivity index (χ1v) is 9.73. The minimum Gasteiger partial charge on any atom is -0.497 e. The van der Waals surface area contributed by atoms with Gasteiger partial charge in [-0.05, 0) is 57.9 Å². The van der Waals surface area contributed by atoms with E-state index in [9.17, 15) is 9.59 Å². The maximum atomic E-state index is 12.7. The van der Waals surface area contributed by atoms with Gasteiger partial charge in [0.1, 0.15) is 11.4 Å². The number of pyridine rings is 1. The highest BCUT2D eigenvalue weighted by Crippen LogP contribution is 2.26. The predicted molar refractivity (Wildman–Crippen MR) is 111 cm³/mol. The molecule has 3 amide bonds. The fourth-order valence-corrected chi connectivity index (χ4v) is 3.26. The zero-order valence-corrected chi connectivity index (χ0v) is 17.3. The number of methoxy groups -OCH3 is 1. The third kappa shape index (κ3) is 5.49. The van der Waals surface area contributed by atoms with Crippen LogP contribution >= 0.6 is 0 Å². The van der Waals surface area contributed by atoms with E-state index in [4.69, 9.17) is 9.47 Å². The summed E-state index contributed by atoms with van der Waals surface area (Å²) in [6.45, 7) is 6.60. The number of benzene rings is 1. The van der Waals surface area contributed by atoms with E-state index in [1.165, 1.54) is 0 Å². The average molecular weight is 400 g/mol. The molecular weight excluding hydrogens is 372 g/mol. The van der Waals surface area contributed by atoms with Crippen molar-refractivity contribution in [1.29, 1.82) is 0 Å². The molecular formula is C21H28N4O4. The number of carbonyl (C=O) groups excluding carboxylic acids is 2. The summed E-state index contributed by atoms with van der Waals surface area (Å²) in [4.78, 5) is 30.7. The van der Waals surface area contributed by atoms with Gasteiger partial charge in [0.15, 0.2) is 0 Å². The predicted octanol–water partition coefficient (Wildman–Crippen LogP) is 3.76. The van der Waals surface area contributed by atoms with Gasteiger partial charge in [-0.15, -0.1) is 0 Å². The van der Waals surface area contributed by atoms with E-state index in [1.807, 2.05) is 39.0 Å². The zero-order valence-electron chi connectivity index (χ0n) is 17.3. The largest absolute Gasteiger partial charge is 0.497 e. The Hall–Kier alpha value is -3.03. The van der Waals surface area contributed by atoms with E-state index in [-0.39, 0.29) is 12.1 Å². The van der Waals surface area contributed by atoms with E-state index in [0.717, 1.165) is 10.9 Å². The van der Waals surface area contributed by atoms with E-state index >= 15 is 0 Å². The van der Waals surface area contributed by atoms with Crippen molar-refractivity contribution in [2.24, 2.45) is 0 Å². The van der Waals surface area contributed by atoms with Gasteiger partial charge in [0.2, 0.25) is 0 Å². The number of likely N-dealkylation sites (tertiary alicyclic amines) is 1. The Morgan fingerprint density at radius 3 is 2.55 bits per heavy atom. The van der Waals surface area contributed by atoms with Gasteiger partial charge in [-0.3, -0.25) is 4.98 Å². The third-order valence-electron chi connectivity index (χ3n) is 4.69. The van der Waals surface area contributed by atoms with Crippen molar-refractivity contribution in [3.05, 3.63) is 30.5 Å². The third-order valence-corrected chi connectivity index (χ3v) is 4.69. The Morgan fingerprint density at radius 1 is 1.17 bits per heavy atom. The van der Waals surface area contributed by atoms with Crippen LogP contribution in [0, 0.1) is 0 Å². The number of hydrogen-bond donors (Lipinski definition) is 2. The smallest absolute Gasteiger partial charge is 0.407 e. The van der Waals surface area contributed by atoms with Gasteiger partial charge >= 0.3 is 12.1 Å². The molecule has 1 aliphatic heterocycles. The molecule has 0 atom stereocenters. The van der Waals surface area contributed by atoms with Crippen molar-refractivity contribution in [2.45, 2.75) is 45.3 Å². The van der Waals surface area contributed by atoms with Crippen LogP contribution < -0.4 is 15.4 Å². The number of alkyl carbamates (subject to hydrolysis) is 1. The van der Waals surface area contributed by atoms with Gasteiger partial charge in [-0.25, -0.2) is 9.59 Å². The second-order valence-electron chi connectivity index (χ2n) is 8.08. The van der Waals surface area contributed by atoms with Crippen LogP contribution in [-0.2, 0) is 4.74 Å². The molecule has 2 aromatic rings. The molecule has 0 radical (unpaired) electrons. The Bertz CT molecular complexity index is 886. The Morgan fingerprint density at radius 2 is 1.90 bits per heavy atom. The first-order chi connectivity index (χ1) is 13.7. The van der Waals surface area contributed by atoms with Crippen molar-refractivity contribution >= 4 is 28.7 Å². The van der Waals surface area contributed by atoms with Gasteiger partial charge < -0.3 is 25.0 Å². The number of carbonyl (C=O) groups is 2. The maximum absolute atomic E-state index is 12.7. The van der Waals surface area contributed by atoms with Crippen molar-refractivity contribution in [1.82, 2.24) is 15.2 Å². The summed E-state index contributed by atoms with van der Waals surface area (Å²) < 4.78 is 10.6. The second-order valence-corrected chi connectivity index (χ2v) is 8.08. The van der Waals surface area contributed by atoms with Crippen LogP contribution in [0.25, 0.3) is 10.9 Å². The van der Waals surface area contributed by atoms with Crippen LogP contribution in [0.15, 0.2) is 30.5 Å². The molecule has 1 saturated heterocycles. The summed E-state index contributed by atoms with van der Waals surface area (Å²) in [5.74, 6) is 0.704. The molecule has 1 aromatic heterocycles. The summed E-state index contributed by atoms with van der Waals surface area (Å²) in [5.41, 5.74) is 0.942. The van der Waals surface area contributed by atoms with Crippen LogP contribution in [0.5, 0.6) is 5.75 Å². The summed E-state index contributed by atoms with van der Waals surface area (Å²) in [6.07, 6.45) is 2.61. The molecule has 0 unspecified atom stereocenters. The fourth-order valence-electron chi connectivity index (χ4n) is 3.26. The van der Waals surface area contributed by atoms with Crippen molar-refractivity contribution in [3.63, 3.8) is 0 Å². The molecule has 2 heterocycles. The Labute approximate surface area is 170 Å². The molecule has 0 bridgehead atoms. The molecule has 2 N–H and O–H groups in total. The molecule has 156 valence electrons. The van der Waals surface area contributed by atoms with Gasteiger partial charge in [-0.2, -0.15) is 0 Å². The number of nitrogens with one attached hydrogen (secondary N) is 2. The van der Waals surface area contributed by atoms with Gasteiger partial charge in [-0.1, -0.05) is 0 Å². The van der Waals surface area contributed by atoms with Gasteiger partial charge in [0.05, 0.1) is 18.3 Å². The number of piperidine rings is 1. The molecule has 0 saturated carbocycles. The number of rotatable bonds is 3. The number of urea groups is 1. The van der Waals surface area contributed by atoms with Gasteiger partial charge in [0, 0.05) is 30.7 Å². The molecule has 29 heavy (non-hydrogen) atoms. The van der Waals surface area contributed by atoms with E-state index in [2.05, 4.69) is 15.6 Å². The summed E-state index contributed by atoms with van der Waals surface area (Å²) in [6, 6.07) is 7.16. The van der Waals surface area contributed by atoms with Crippen LogP contribution in [0.4, 0.5) is 15.3 Å². The number of ether oxygens (including phenoxy) is 2. The summed E-state index contributed by atoms with van der Waals surface area (Å²) in [7, 11) is 1.60. The molecule has 1 aliphatic rings. The minimum absolute atomic E-state index is 0.0000772. The molecule has 1 fully saturated rings. The normalized spacial score (nSPS) is 15.1. The summed E-state index contributed by atoms with van der Waals surface area (Å²) in [5, 5.41) is 6.67. The summed E-state index contributed by atoms with van der Waals surface area (Å²) >= 11 is 0. The molecule has 8 nitrogen and oxygen atoms in total. The topological polar surface area (TPSA) is 92.8 Å². The van der Waals surface area contributed by atoms with Crippen molar-refractivity contribution in [2.75, 3.05) is 25.5 Å². The quantitative estimate of drug-likeness (QED) is 0.818. The molecule has 0 aliphatic carbocycles. The number of nitrogens with zero attached hydrogens (tertiary/aromatic N) is 2. The van der Waals surface area contributed by atoms with Gasteiger partial charge in [0.25, 0.3) is 0 Å². The Balaban J connectivity index is 1.58.